The Morgan fingerprint density at radius 3 is 2.56 bits per heavy atom. The Morgan fingerprint density at radius 2 is 2.06 bits per heavy atom. The Kier molecular flexibility index (Phi) is 3.56. The maximum atomic E-state index is 12.5. The van der Waals surface area contributed by atoms with E-state index in [0.29, 0.717) is 11.3 Å². The molecule has 2 rings (SSSR count). The molecule has 0 saturated heterocycles. The number of hydrogen-bond donors (Lipinski definition) is 1. The summed E-state index contributed by atoms with van der Waals surface area (Å²) in [7, 11) is 0. The van der Waals surface area contributed by atoms with Crippen molar-refractivity contribution in [3.63, 3.8) is 0 Å². The predicted molar refractivity (Wildman–Crippen MR) is 61.4 cm³/mol. The summed E-state index contributed by atoms with van der Waals surface area (Å²) in [5.41, 5.74) is -0.696. The zero-order valence-electron chi connectivity index (χ0n) is 9.28. The number of carboxylic acid groups (broad SMARTS) is 1. The van der Waals surface area contributed by atoms with Crippen LogP contribution in [-0.2, 0) is 11.0 Å². The zero-order valence-corrected chi connectivity index (χ0v) is 10.1. The maximum absolute atomic E-state index is 12.5. The van der Waals surface area contributed by atoms with E-state index < -0.39 is 23.6 Å². The van der Waals surface area contributed by atoms with Gasteiger partial charge in [0, 0.05) is 10.1 Å². The highest BCUT2D eigenvalue weighted by atomic mass is 32.2. The molecule has 2 unspecified atom stereocenters. The molecule has 1 fully saturated rings. The lowest BCUT2D eigenvalue weighted by Gasteiger charge is -2.32. The lowest BCUT2D eigenvalue weighted by molar-refractivity contribution is -0.144. The molecule has 2 atom stereocenters. The Morgan fingerprint density at radius 1 is 1.33 bits per heavy atom. The van der Waals surface area contributed by atoms with Crippen LogP contribution in [0.3, 0.4) is 0 Å². The second-order valence-electron chi connectivity index (χ2n) is 4.20. The number of halogens is 3. The average molecular weight is 276 g/mol. The van der Waals surface area contributed by atoms with Crippen LogP contribution in [0.1, 0.15) is 18.4 Å². The highest BCUT2D eigenvalue weighted by Gasteiger charge is 2.37. The van der Waals surface area contributed by atoms with Gasteiger partial charge in [0.05, 0.1) is 11.5 Å². The third-order valence-corrected chi connectivity index (χ3v) is 4.37. The molecule has 0 radical (unpaired) electrons. The summed E-state index contributed by atoms with van der Waals surface area (Å²) in [4.78, 5) is 11.3. The third kappa shape index (κ3) is 2.80. The van der Waals surface area contributed by atoms with Crippen LogP contribution >= 0.6 is 11.8 Å². The molecule has 6 heteroatoms. The number of carboxylic acids is 1. The topological polar surface area (TPSA) is 37.3 Å². The molecule has 0 aromatic heterocycles. The largest absolute Gasteiger partial charge is 0.481 e. The Labute approximate surface area is 106 Å². The van der Waals surface area contributed by atoms with Gasteiger partial charge in [0.15, 0.2) is 0 Å². The van der Waals surface area contributed by atoms with E-state index in [1.807, 2.05) is 0 Å². The standard InChI is InChI=1S/C12H11F3O2S/c13-12(14,15)7-2-1-3-8(6-7)18-10-5-4-9(10)11(16)17/h1-3,6,9-10H,4-5H2,(H,16,17). The second-order valence-corrected chi connectivity index (χ2v) is 5.52. The van der Waals surface area contributed by atoms with Crippen molar-refractivity contribution in [1.29, 1.82) is 0 Å². The average Bonchev–Trinajstić information content (AvgIpc) is 2.23. The van der Waals surface area contributed by atoms with Gasteiger partial charge in [-0.2, -0.15) is 13.2 Å². The summed E-state index contributed by atoms with van der Waals surface area (Å²) >= 11 is 1.22. The second kappa shape index (κ2) is 4.84. The van der Waals surface area contributed by atoms with Crippen LogP contribution < -0.4 is 0 Å². The molecule has 1 aliphatic carbocycles. The van der Waals surface area contributed by atoms with E-state index in [4.69, 9.17) is 5.11 Å². The summed E-state index contributed by atoms with van der Waals surface area (Å²) in [5, 5.41) is 8.75. The smallest absolute Gasteiger partial charge is 0.416 e. The molecule has 0 bridgehead atoms. The number of carbonyl (C=O) groups is 1. The molecule has 2 nitrogen and oxygen atoms in total. The van der Waals surface area contributed by atoms with Crippen molar-refractivity contribution in [2.45, 2.75) is 29.2 Å². The molecule has 0 amide bonds. The van der Waals surface area contributed by atoms with Gasteiger partial charge in [-0.05, 0) is 31.0 Å². The molecular formula is C12H11F3O2S. The van der Waals surface area contributed by atoms with Gasteiger partial charge in [-0.25, -0.2) is 0 Å². The molecule has 1 aliphatic rings. The summed E-state index contributed by atoms with van der Waals surface area (Å²) in [5.74, 6) is -1.31. The van der Waals surface area contributed by atoms with Crippen molar-refractivity contribution >= 4 is 17.7 Å². The van der Waals surface area contributed by atoms with Gasteiger partial charge in [0.25, 0.3) is 0 Å². The number of alkyl halides is 3. The molecule has 1 aromatic carbocycles. The lowest BCUT2D eigenvalue weighted by Crippen LogP contribution is -2.35. The van der Waals surface area contributed by atoms with Gasteiger partial charge in [-0.3, -0.25) is 4.79 Å². The molecule has 18 heavy (non-hydrogen) atoms. The molecule has 0 aliphatic heterocycles. The number of hydrogen-bond acceptors (Lipinski definition) is 2. The van der Waals surface area contributed by atoms with Gasteiger partial charge >= 0.3 is 12.1 Å². The SMILES string of the molecule is O=C(O)C1CCC1Sc1cccc(C(F)(F)F)c1. The molecule has 0 spiro atoms. The number of benzene rings is 1. The third-order valence-electron chi connectivity index (χ3n) is 2.98. The Balaban J connectivity index is 2.09. The van der Waals surface area contributed by atoms with E-state index in [1.54, 1.807) is 6.07 Å². The van der Waals surface area contributed by atoms with Crippen LogP contribution in [0.5, 0.6) is 0 Å². The van der Waals surface area contributed by atoms with Crippen LogP contribution in [0, 0.1) is 5.92 Å². The number of thioether (sulfide) groups is 1. The van der Waals surface area contributed by atoms with Crippen molar-refractivity contribution in [2.75, 3.05) is 0 Å². The summed E-state index contributed by atoms with van der Waals surface area (Å²) < 4.78 is 37.5. The van der Waals surface area contributed by atoms with E-state index in [2.05, 4.69) is 0 Å². The predicted octanol–water partition coefficient (Wildman–Crippen LogP) is 3.66. The fraction of sp³-hybridized carbons (Fsp3) is 0.417. The maximum Gasteiger partial charge on any atom is 0.416 e. The van der Waals surface area contributed by atoms with Crippen molar-refractivity contribution in [2.24, 2.45) is 5.92 Å². The van der Waals surface area contributed by atoms with Crippen LogP contribution in [0.25, 0.3) is 0 Å². The molecular weight excluding hydrogens is 265 g/mol. The van der Waals surface area contributed by atoms with E-state index in [-0.39, 0.29) is 5.25 Å². The minimum absolute atomic E-state index is 0.119. The molecule has 0 heterocycles. The van der Waals surface area contributed by atoms with Crippen LogP contribution in [0.2, 0.25) is 0 Å². The summed E-state index contributed by atoms with van der Waals surface area (Å²) in [6, 6.07) is 5.01. The summed E-state index contributed by atoms with van der Waals surface area (Å²) in [6.07, 6.45) is -3.02. The quantitative estimate of drug-likeness (QED) is 0.915. The lowest BCUT2D eigenvalue weighted by atomic mass is 9.85. The fourth-order valence-corrected chi connectivity index (χ4v) is 3.19. The van der Waals surface area contributed by atoms with Crippen molar-refractivity contribution in [3.8, 4) is 0 Å². The molecule has 1 saturated carbocycles. The zero-order chi connectivity index (χ0) is 13.3. The van der Waals surface area contributed by atoms with Crippen molar-refractivity contribution in [1.82, 2.24) is 0 Å². The summed E-state index contributed by atoms with van der Waals surface area (Å²) in [6.45, 7) is 0. The first-order valence-electron chi connectivity index (χ1n) is 5.44. The minimum atomic E-state index is -4.36. The number of rotatable bonds is 3. The van der Waals surface area contributed by atoms with E-state index in [0.717, 1.165) is 18.6 Å². The first-order valence-corrected chi connectivity index (χ1v) is 6.32. The van der Waals surface area contributed by atoms with E-state index in [9.17, 15) is 18.0 Å². The Hall–Kier alpha value is -1.17. The van der Waals surface area contributed by atoms with Gasteiger partial charge in [0.1, 0.15) is 0 Å². The van der Waals surface area contributed by atoms with Crippen LogP contribution in [-0.4, -0.2) is 16.3 Å². The van der Waals surface area contributed by atoms with Crippen molar-refractivity contribution < 1.29 is 23.1 Å². The highest BCUT2D eigenvalue weighted by Crippen LogP contribution is 2.42. The van der Waals surface area contributed by atoms with E-state index in [1.165, 1.54) is 17.8 Å². The van der Waals surface area contributed by atoms with Gasteiger partial charge in [-0.1, -0.05) is 6.07 Å². The molecule has 1 aromatic rings. The monoisotopic (exact) mass is 276 g/mol. The van der Waals surface area contributed by atoms with Crippen LogP contribution in [0.4, 0.5) is 13.2 Å². The van der Waals surface area contributed by atoms with Gasteiger partial charge < -0.3 is 5.11 Å². The molecule has 98 valence electrons. The highest BCUT2D eigenvalue weighted by molar-refractivity contribution is 8.00. The molecule has 1 N–H and O–H groups in total. The fourth-order valence-electron chi connectivity index (χ4n) is 1.81. The Bertz CT molecular complexity index is 459. The minimum Gasteiger partial charge on any atom is -0.481 e. The van der Waals surface area contributed by atoms with Gasteiger partial charge in [-0.15, -0.1) is 11.8 Å². The first kappa shape index (κ1) is 13.3. The van der Waals surface area contributed by atoms with Crippen molar-refractivity contribution in [3.05, 3.63) is 29.8 Å². The van der Waals surface area contributed by atoms with E-state index >= 15 is 0 Å². The van der Waals surface area contributed by atoms with Gasteiger partial charge in [0.2, 0.25) is 0 Å². The van der Waals surface area contributed by atoms with Crippen LogP contribution in [0.15, 0.2) is 29.2 Å². The number of aliphatic carboxylic acids is 1. The normalized spacial score (nSPS) is 23.5. The first-order chi connectivity index (χ1) is 8.38.